The Morgan fingerprint density at radius 3 is 2.31 bits per heavy atom. The molecule has 0 heterocycles. The van der Waals surface area contributed by atoms with Crippen molar-refractivity contribution in [3.8, 4) is 0 Å². The highest BCUT2D eigenvalue weighted by atomic mass is 32.2. The Balaban J connectivity index is 2.45. The fourth-order valence-electron chi connectivity index (χ4n) is 2.54. The molecule has 0 amide bonds. The molecule has 26 heavy (non-hydrogen) atoms. The van der Waals surface area contributed by atoms with Crippen LogP contribution < -0.4 is 10.0 Å². The molecule has 2 rings (SSSR count). The van der Waals surface area contributed by atoms with Crippen LogP contribution >= 0.6 is 7.37 Å². The van der Waals surface area contributed by atoms with E-state index >= 15 is 0 Å². The fraction of sp³-hybridized carbons (Fsp3) is 0.400. The monoisotopic (exact) mass is 393 g/mol. The minimum Gasteiger partial charge on any atom is -0.598 e. The number of rotatable bonds is 7. The minimum atomic E-state index is -2.87. The van der Waals surface area contributed by atoms with E-state index in [4.69, 9.17) is 4.52 Å². The Hall–Kier alpha value is -1.10. The lowest BCUT2D eigenvalue weighted by Gasteiger charge is -2.28. The summed E-state index contributed by atoms with van der Waals surface area (Å²) in [5, 5.41) is 0.668. The summed E-state index contributed by atoms with van der Waals surface area (Å²) < 4.78 is 33.8. The normalized spacial score (nSPS) is 16.7. The molecule has 0 fully saturated rings. The molecule has 4 nitrogen and oxygen atoms in total. The molecular weight excluding hydrogens is 365 g/mol. The van der Waals surface area contributed by atoms with E-state index in [0.29, 0.717) is 11.9 Å². The predicted molar refractivity (Wildman–Crippen MR) is 111 cm³/mol. The zero-order valence-corrected chi connectivity index (χ0v) is 17.8. The molecule has 142 valence electrons. The molecule has 0 aliphatic heterocycles. The average molecular weight is 393 g/mol. The van der Waals surface area contributed by atoms with E-state index in [9.17, 15) is 9.12 Å². The van der Waals surface area contributed by atoms with Crippen molar-refractivity contribution < 1.29 is 13.6 Å². The second-order valence-corrected chi connectivity index (χ2v) is 11.7. The van der Waals surface area contributed by atoms with E-state index in [1.165, 1.54) is 0 Å². The number of benzene rings is 2. The highest BCUT2D eigenvalue weighted by Gasteiger charge is 2.31. The van der Waals surface area contributed by atoms with Gasteiger partial charge in [0.1, 0.15) is 10.8 Å². The van der Waals surface area contributed by atoms with Gasteiger partial charge in [-0.1, -0.05) is 42.5 Å². The van der Waals surface area contributed by atoms with Gasteiger partial charge in [0.2, 0.25) is 7.37 Å². The van der Waals surface area contributed by atoms with Crippen LogP contribution in [0.1, 0.15) is 44.9 Å². The lowest BCUT2D eigenvalue weighted by atomic mass is 10.00. The highest BCUT2D eigenvalue weighted by molar-refractivity contribution is 7.90. The van der Waals surface area contributed by atoms with Gasteiger partial charge in [0.25, 0.3) is 0 Å². The van der Waals surface area contributed by atoms with Gasteiger partial charge in [-0.05, 0) is 51.0 Å². The van der Waals surface area contributed by atoms with Gasteiger partial charge in [-0.15, -0.1) is 4.72 Å². The van der Waals surface area contributed by atoms with Gasteiger partial charge in [-0.3, -0.25) is 4.57 Å². The van der Waals surface area contributed by atoms with E-state index in [1.807, 2.05) is 82.3 Å². The molecule has 0 aliphatic carbocycles. The van der Waals surface area contributed by atoms with Crippen LogP contribution in [0, 0.1) is 0 Å². The second kappa shape index (κ2) is 8.73. The SMILES string of the molecule is CCOP(C)(=O)c1cccc([C@H](N[S@+]([O-])C(C)(C)C)c2ccccc2)c1. The standard InChI is InChI=1S/C20H28NO3PS/c1-6-24-25(5,22)18-14-10-13-17(15-18)19(16-11-8-7-9-12-16)21-26(23)20(2,3)4/h7-15,19,21H,6H2,1-5H3/t19-,25?,26-/m1/s1. The van der Waals surface area contributed by atoms with E-state index in [0.717, 1.165) is 11.1 Å². The maximum Gasteiger partial charge on any atom is 0.229 e. The zero-order valence-electron chi connectivity index (χ0n) is 16.1. The highest BCUT2D eigenvalue weighted by Crippen LogP contribution is 2.41. The van der Waals surface area contributed by atoms with Crippen molar-refractivity contribution in [2.75, 3.05) is 13.3 Å². The predicted octanol–water partition coefficient (Wildman–Crippen LogP) is 4.40. The quantitative estimate of drug-likeness (QED) is 0.560. The third-order valence-corrected chi connectivity index (χ3v) is 7.49. The van der Waals surface area contributed by atoms with Crippen LogP contribution in [0.25, 0.3) is 0 Å². The summed E-state index contributed by atoms with van der Waals surface area (Å²) in [7, 11) is -2.87. The van der Waals surface area contributed by atoms with Crippen LogP contribution in [0.5, 0.6) is 0 Å². The molecule has 0 saturated heterocycles. The Morgan fingerprint density at radius 2 is 1.73 bits per heavy atom. The van der Waals surface area contributed by atoms with Gasteiger partial charge in [0, 0.05) is 23.3 Å². The van der Waals surface area contributed by atoms with Crippen molar-refractivity contribution in [3.63, 3.8) is 0 Å². The van der Waals surface area contributed by atoms with Crippen LogP contribution in [-0.4, -0.2) is 22.6 Å². The van der Waals surface area contributed by atoms with Crippen molar-refractivity contribution in [1.82, 2.24) is 4.72 Å². The molecule has 0 radical (unpaired) electrons. The van der Waals surface area contributed by atoms with E-state index in [-0.39, 0.29) is 6.04 Å². The molecule has 2 aromatic carbocycles. The topological polar surface area (TPSA) is 61.4 Å². The zero-order chi connectivity index (χ0) is 19.4. The van der Waals surface area contributed by atoms with E-state index < -0.39 is 23.5 Å². The van der Waals surface area contributed by atoms with Gasteiger partial charge in [-0.2, -0.15) is 0 Å². The molecule has 0 spiro atoms. The van der Waals surface area contributed by atoms with Crippen LogP contribution in [0.2, 0.25) is 0 Å². The summed E-state index contributed by atoms with van der Waals surface area (Å²) in [6.45, 7) is 9.67. The summed E-state index contributed by atoms with van der Waals surface area (Å²) in [6.07, 6.45) is 0. The Morgan fingerprint density at radius 1 is 1.12 bits per heavy atom. The molecule has 0 aromatic heterocycles. The molecule has 6 heteroatoms. The molecule has 3 atom stereocenters. The molecular formula is C20H28NO3PS. The van der Waals surface area contributed by atoms with Crippen molar-refractivity contribution in [2.24, 2.45) is 0 Å². The largest absolute Gasteiger partial charge is 0.598 e. The molecule has 0 aliphatic rings. The minimum absolute atomic E-state index is 0.266. The van der Waals surface area contributed by atoms with E-state index in [2.05, 4.69) is 4.72 Å². The van der Waals surface area contributed by atoms with Crippen molar-refractivity contribution >= 4 is 24.0 Å². The Labute approximate surface area is 160 Å². The van der Waals surface area contributed by atoms with Gasteiger partial charge in [0.15, 0.2) is 0 Å². The number of hydrogen-bond acceptors (Lipinski definition) is 4. The van der Waals surface area contributed by atoms with Crippen molar-refractivity contribution in [1.29, 1.82) is 0 Å². The fourth-order valence-corrected chi connectivity index (χ4v) is 4.76. The van der Waals surface area contributed by atoms with Crippen LogP contribution in [0.4, 0.5) is 0 Å². The molecule has 2 aromatic rings. The maximum atomic E-state index is 12.8. The Bertz CT molecular complexity index is 761. The molecule has 1 unspecified atom stereocenters. The smallest absolute Gasteiger partial charge is 0.229 e. The summed E-state index contributed by atoms with van der Waals surface area (Å²) in [5.74, 6) is 0. The first-order valence-corrected chi connectivity index (χ1v) is 11.9. The van der Waals surface area contributed by atoms with Crippen LogP contribution in [0.15, 0.2) is 54.6 Å². The lowest BCUT2D eigenvalue weighted by Crippen LogP contribution is -2.41. The van der Waals surface area contributed by atoms with Gasteiger partial charge in [-0.25, -0.2) is 0 Å². The first kappa shape index (κ1) is 21.2. The van der Waals surface area contributed by atoms with Crippen LogP contribution in [-0.2, 0) is 20.5 Å². The third-order valence-electron chi connectivity index (χ3n) is 3.96. The van der Waals surface area contributed by atoms with Gasteiger partial charge < -0.3 is 9.08 Å². The van der Waals surface area contributed by atoms with Crippen molar-refractivity contribution in [3.05, 3.63) is 65.7 Å². The second-order valence-electron chi connectivity index (χ2n) is 7.20. The maximum absolute atomic E-state index is 12.8. The first-order chi connectivity index (χ1) is 12.1. The van der Waals surface area contributed by atoms with Gasteiger partial charge >= 0.3 is 0 Å². The summed E-state index contributed by atoms with van der Waals surface area (Å²) in [6, 6.07) is 17.1. The van der Waals surface area contributed by atoms with Crippen molar-refractivity contribution in [2.45, 2.75) is 38.5 Å². The molecule has 0 bridgehead atoms. The lowest BCUT2D eigenvalue weighted by molar-refractivity contribution is 0.345. The molecule has 0 saturated carbocycles. The summed E-state index contributed by atoms with van der Waals surface area (Å²) in [5.41, 5.74) is 1.91. The average Bonchev–Trinajstić information content (AvgIpc) is 2.59. The van der Waals surface area contributed by atoms with Gasteiger partial charge in [0.05, 0.1) is 6.61 Å². The number of nitrogens with one attached hydrogen (secondary N) is 1. The number of hydrogen-bond donors (Lipinski definition) is 1. The summed E-state index contributed by atoms with van der Waals surface area (Å²) >= 11 is -1.25. The third kappa shape index (κ3) is 5.45. The van der Waals surface area contributed by atoms with E-state index in [1.54, 1.807) is 6.66 Å². The summed E-state index contributed by atoms with van der Waals surface area (Å²) in [4.78, 5) is 0. The Kier molecular flexibility index (Phi) is 7.12. The van der Waals surface area contributed by atoms with Crippen LogP contribution in [0.3, 0.4) is 0 Å². The first-order valence-electron chi connectivity index (χ1n) is 8.70. The molecule has 1 N–H and O–H groups in total.